The molecule has 6 heteroatoms. The minimum Gasteiger partial charge on any atom is -0.488 e. The Labute approximate surface area is 145 Å². The lowest BCUT2D eigenvalue weighted by atomic mass is 10.1. The summed E-state index contributed by atoms with van der Waals surface area (Å²) in [7, 11) is 0. The monoisotopic (exact) mass is 344 g/mol. The van der Waals surface area contributed by atoms with Gasteiger partial charge in [0.05, 0.1) is 19.0 Å². The van der Waals surface area contributed by atoms with E-state index in [-0.39, 0.29) is 30.4 Å². The van der Waals surface area contributed by atoms with Crippen LogP contribution in [-0.4, -0.2) is 24.5 Å². The second-order valence-corrected chi connectivity index (χ2v) is 6.81. The molecule has 24 heavy (non-hydrogen) atoms. The number of ether oxygens (including phenoxy) is 1. The fourth-order valence-corrected chi connectivity index (χ4v) is 3.59. The van der Waals surface area contributed by atoms with Crippen molar-refractivity contribution in [1.82, 2.24) is 10.6 Å². The van der Waals surface area contributed by atoms with Gasteiger partial charge >= 0.3 is 0 Å². The van der Waals surface area contributed by atoms with Crippen molar-refractivity contribution in [3.63, 3.8) is 0 Å². The van der Waals surface area contributed by atoms with Gasteiger partial charge in [0.25, 0.3) is 0 Å². The number of hydrogen-bond acceptors (Lipinski definition) is 4. The highest BCUT2D eigenvalue weighted by molar-refractivity contribution is 7.10. The van der Waals surface area contributed by atoms with Crippen molar-refractivity contribution in [1.29, 1.82) is 0 Å². The van der Waals surface area contributed by atoms with Crippen LogP contribution in [0.25, 0.3) is 0 Å². The number of nitrogens with one attached hydrogen (secondary N) is 2. The van der Waals surface area contributed by atoms with Gasteiger partial charge in [-0.2, -0.15) is 0 Å². The Hall–Kier alpha value is -2.34. The molecule has 0 fully saturated rings. The van der Waals surface area contributed by atoms with E-state index in [1.807, 2.05) is 41.8 Å². The van der Waals surface area contributed by atoms with E-state index in [4.69, 9.17) is 4.74 Å². The minimum atomic E-state index is -0.288. The molecule has 0 spiro atoms. The first-order valence-electron chi connectivity index (χ1n) is 7.93. The summed E-state index contributed by atoms with van der Waals surface area (Å²) in [6.07, 6.45) is 0.989. The van der Waals surface area contributed by atoms with Crippen molar-refractivity contribution >= 4 is 23.2 Å². The molecular formula is C18H20N2O3S. The van der Waals surface area contributed by atoms with Crippen LogP contribution in [0.2, 0.25) is 0 Å². The third kappa shape index (κ3) is 4.14. The molecule has 126 valence electrons. The third-order valence-corrected chi connectivity index (χ3v) is 4.88. The molecule has 0 radical (unpaired) electrons. The SMILES string of the molecule is CC(=O)N[C@@H](CC(=O)NC[C@H]1Cc2ccccc2O1)c1cccs1. The van der Waals surface area contributed by atoms with Crippen LogP contribution in [0, 0.1) is 0 Å². The van der Waals surface area contributed by atoms with Gasteiger partial charge in [0.1, 0.15) is 11.9 Å². The van der Waals surface area contributed by atoms with Gasteiger partial charge in [0.2, 0.25) is 11.8 Å². The topological polar surface area (TPSA) is 67.4 Å². The van der Waals surface area contributed by atoms with E-state index in [9.17, 15) is 9.59 Å². The van der Waals surface area contributed by atoms with Gasteiger partial charge < -0.3 is 15.4 Å². The first-order chi connectivity index (χ1) is 11.6. The molecule has 1 aromatic heterocycles. The van der Waals surface area contributed by atoms with Crippen LogP contribution >= 0.6 is 11.3 Å². The number of carbonyl (C=O) groups is 2. The molecule has 2 heterocycles. The summed E-state index contributed by atoms with van der Waals surface area (Å²) < 4.78 is 5.82. The molecule has 0 saturated heterocycles. The van der Waals surface area contributed by atoms with E-state index in [1.54, 1.807) is 0 Å². The van der Waals surface area contributed by atoms with Crippen LogP contribution in [-0.2, 0) is 16.0 Å². The Morgan fingerprint density at radius 1 is 1.29 bits per heavy atom. The molecule has 2 aromatic rings. The van der Waals surface area contributed by atoms with Crippen LogP contribution in [0.1, 0.15) is 29.8 Å². The maximum atomic E-state index is 12.2. The summed E-state index contributed by atoms with van der Waals surface area (Å²) in [5.74, 6) is 0.656. The zero-order valence-corrected chi connectivity index (χ0v) is 14.3. The summed E-state index contributed by atoms with van der Waals surface area (Å²) in [4.78, 5) is 24.6. The molecule has 2 N–H and O–H groups in total. The first-order valence-corrected chi connectivity index (χ1v) is 8.81. The van der Waals surface area contributed by atoms with Gasteiger partial charge in [-0.15, -0.1) is 11.3 Å². The normalized spacial score (nSPS) is 16.8. The van der Waals surface area contributed by atoms with Crippen LogP contribution in [0.4, 0.5) is 0 Å². The molecule has 1 aliphatic rings. The van der Waals surface area contributed by atoms with Gasteiger partial charge in [-0.1, -0.05) is 24.3 Å². The molecule has 1 aliphatic heterocycles. The van der Waals surface area contributed by atoms with Crippen molar-refractivity contribution < 1.29 is 14.3 Å². The molecule has 0 saturated carbocycles. The number of hydrogen-bond donors (Lipinski definition) is 2. The number of rotatable bonds is 6. The highest BCUT2D eigenvalue weighted by atomic mass is 32.1. The van der Waals surface area contributed by atoms with E-state index < -0.39 is 0 Å². The van der Waals surface area contributed by atoms with Crippen LogP contribution in [0.15, 0.2) is 41.8 Å². The number of benzene rings is 1. The van der Waals surface area contributed by atoms with Crippen molar-refractivity contribution in [2.75, 3.05) is 6.54 Å². The van der Waals surface area contributed by atoms with E-state index in [2.05, 4.69) is 10.6 Å². The molecule has 0 bridgehead atoms. The molecule has 2 atom stereocenters. The van der Waals surface area contributed by atoms with Gasteiger partial charge in [0.15, 0.2) is 0 Å². The van der Waals surface area contributed by atoms with Crippen molar-refractivity contribution in [2.24, 2.45) is 0 Å². The van der Waals surface area contributed by atoms with Gasteiger partial charge in [-0.05, 0) is 23.1 Å². The van der Waals surface area contributed by atoms with E-state index in [1.165, 1.54) is 23.8 Å². The van der Waals surface area contributed by atoms with Crippen LogP contribution in [0.5, 0.6) is 5.75 Å². The van der Waals surface area contributed by atoms with Gasteiger partial charge in [-0.3, -0.25) is 9.59 Å². The third-order valence-electron chi connectivity index (χ3n) is 3.89. The van der Waals surface area contributed by atoms with Gasteiger partial charge in [-0.25, -0.2) is 0 Å². The second-order valence-electron chi connectivity index (χ2n) is 5.83. The Kier molecular flexibility index (Phi) is 5.15. The smallest absolute Gasteiger partial charge is 0.222 e. The summed E-state index contributed by atoms with van der Waals surface area (Å²) in [5.41, 5.74) is 1.17. The predicted octanol–water partition coefficient (Wildman–Crippen LogP) is 2.44. The van der Waals surface area contributed by atoms with Crippen molar-refractivity contribution in [3.8, 4) is 5.75 Å². The van der Waals surface area contributed by atoms with Crippen LogP contribution < -0.4 is 15.4 Å². The molecule has 3 rings (SSSR count). The van der Waals surface area contributed by atoms with E-state index in [0.29, 0.717) is 6.54 Å². The number of fused-ring (bicyclic) bond motifs is 1. The molecular weight excluding hydrogens is 324 g/mol. The summed E-state index contributed by atoms with van der Waals surface area (Å²) in [6.45, 7) is 1.92. The van der Waals surface area contributed by atoms with Crippen molar-refractivity contribution in [3.05, 3.63) is 52.2 Å². The molecule has 5 nitrogen and oxygen atoms in total. The summed E-state index contributed by atoms with van der Waals surface area (Å²) in [6, 6.07) is 11.5. The molecule has 2 amide bonds. The highest BCUT2D eigenvalue weighted by Gasteiger charge is 2.24. The fraction of sp³-hybridized carbons (Fsp3) is 0.333. The number of amides is 2. The Bertz CT molecular complexity index is 690. The fourth-order valence-electron chi connectivity index (χ4n) is 2.81. The molecule has 1 aromatic carbocycles. The second kappa shape index (κ2) is 7.49. The largest absolute Gasteiger partial charge is 0.488 e. The zero-order valence-electron chi connectivity index (χ0n) is 13.5. The lowest BCUT2D eigenvalue weighted by Gasteiger charge is -2.17. The van der Waals surface area contributed by atoms with Crippen molar-refractivity contribution in [2.45, 2.75) is 31.9 Å². The summed E-state index contributed by atoms with van der Waals surface area (Å²) in [5, 5.41) is 7.69. The maximum Gasteiger partial charge on any atom is 0.222 e. The molecule has 0 aliphatic carbocycles. The maximum absolute atomic E-state index is 12.2. The van der Waals surface area contributed by atoms with Crippen LogP contribution in [0.3, 0.4) is 0 Å². The Morgan fingerprint density at radius 3 is 2.83 bits per heavy atom. The predicted molar refractivity (Wildman–Crippen MR) is 93.1 cm³/mol. The average Bonchev–Trinajstić information content (AvgIpc) is 3.21. The van der Waals surface area contributed by atoms with Gasteiger partial charge in [0, 0.05) is 18.2 Å². The first kappa shape index (κ1) is 16.5. The Morgan fingerprint density at radius 2 is 2.12 bits per heavy atom. The standard InChI is InChI=1S/C18H20N2O3S/c1-12(21)20-15(17-7-4-8-24-17)10-18(22)19-11-14-9-13-5-2-3-6-16(13)23-14/h2-8,14-15H,9-11H2,1H3,(H,19,22)(H,20,21)/t14-,15+/m1/s1. The number of para-hydroxylation sites is 1. The lowest BCUT2D eigenvalue weighted by Crippen LogP contribution is -2.37. The van der Waals surface area contributed by atoms with E-state index >= 15 is 0 Å². The summed E-state index contributed by atoms with van der Waals surface area (Å²) >= 11 is 1.53. The zero-order chi connectivity index (χ0) is 16.9. The van der Waals surface area contributed by atoms with E-state index in [0.717, 1.165) is 17.0 Å². The number of carbonyl (C=O) groups excluding carboxylic acids is 2. The average molecular weight is 344 g/mol. The quantitative estimate of drug-likeness (QED) is 0.846. The molecule has 0 unspecified atom stereocenters. The number of thiophene rings is 1. The minimum absolute atomic E-state index is 0.0349. The highest BCUT2D eigenvalue weighted by Crippen LogP contribution is 2.28. The lowest BCUT2D eigenvalue weighted by molar-refractivity contribution is -0.123. The Balaban J connectivity index is 1.51.